The molecule has 11 heteroatoms. The Morgan fingerprint density at radius 2 is 1.70 bits per heavy atom. The van der Waals surface area contributed by atoms with Crippen molar-refractivity contribution >= 4 is 48.1 Å². The molecule has 3 heterocycles. The van der Waals surface area contributed by atoms with E-state index in [9.17, 15) is 19.5 Å². The first-order valence-electron chi connectivity index (χ1n) is 18.2. The second-order valence-electron chi connectivity index (χ2n) is 14.7. The van der Waals surface area contributed by atoms with Crippen molar-refractivity contribution in [2.24, 2.45) is 11.0 Å². The third-order valence-electron chi connectivity index (χ3n) is 11.3. The Morgan fingerprint density at radius 1 is 1.00 bits per heavy atom. The molecule has 7 rings (SSSR count). The minimum atomic E-state index is -2.52. The lowest BCUT2D eigenvalue weighted by atomic mass is 9.82. The number of fused-ring (bicyclic) bond motifs is 2. The molecule has 0 aromatic heterocycles. The summed E-state index contributed by atoms with van der Waals surface area (Å²) in [5, 5.41) is 20.4. The maximum Gasteiger partial charge on any atom is 0.261 e. The average molecular weight is 731 g/mol. The Morgan fingerprint density at radius 3 is 2.38 bits per heavy atom. The number of rotatable bonds is 11. The van der Waals surface area contributed by atoms with Gasteiger partial charge in [0.1, 0.15) is 5.75 Å². The van der Waals surface area contributed by atoms with Crippen LogP contribution in [0.3, 0.4) is 0 Å². The Kier molecular flexibility index (Phi) is 10.1. The molecule has 3 amide bonds. The number of methoxy groups -OCH3 is 1. The molecule has 53 heavy (non-hydrogen) atoms. The monoisotopic (exact) mass is 730 g/mol. The molecule has 0 radical (unpaired) electrons. The van der Waals surface area contributed by atoms with Gasteiger partial charge in [0, 0.05) is 43.1 Å². The Bertz CT molecular complexity index is 2020. The summed E-state index contributed by atoms with van der Waals surface area (Å²) in [4.78, 5) is 43.7. The van der Waals surface area contributed by atoms with Crippen LogP contribution in [0.2, 0.25) is 18.6 Å². The van der Waals surface area contributed by atoms with Crippen molar-refractivity contribution < 1.29 is 29.0 Å². The Hall–Kier alpha value is -5.10. The number of ether oxygens (including phenoxy) is 2. The molecule has 0 aliphatic carbocycles. The number of aliphatic hydroxyl groups is 1. The number of benzene rings is 4. The van der Waals surface area contributed by atoms with E-state index in [1.54, 1.807) is 18.1 Å². The molecule has 4 aromatic rings. The zero-order valence-electron chi connectivity index (χ0n) is 30.6. The van der Waals surface area contributed by atoms with Gasteiger partial charge in [0.15, 0.2) is 5.60 Å². The van der Waals surface area contributed by atoms with Gasteiger partial charge in [-0.3, -0.25) is 14.4 Å². The van der Waals surface area contributed by atoms with E-state index in [0.717, 1.165) is 27.8 Å². The summed E-state index contributed by atoms with van der Waals surface area (Å²) in [6.07, 6.45) is 0.265. The van der Waals surface area contributed by atoms with Crippen molar-refractivity contribution in [1.29, 1.82) is 0 Å². The van der Waals surface area contributed by atoms with Crippen molar-refractivity contribution in [2.75, 3.05) is 30.6 Å². The summed E-state index contributed by atoms with van der Waals surface area (Å²) in [5.41, 5.74) is 2.94. The first-order chi connectivity index (χ1) is 25.6. The van der Waals surface area contributed by atoms with Crippen LogP contribution in [0.15, 0.2) is 108 Å². The smallest absolute Gasteiger partial charge is 0.261 e. The highest BCUT2D eigenvalue weighted by Gasteiger charge is 2.65. The van der Waals surface area contributed by atoms with Crippen molar-refractivity contribution in [2.45, 2.75) is 63.1 Å². The van der Waals surface area contributed by atoms with E-state index >= 15 is 0 Å². The highest BCUT2D eigenvalue weighted by molar-refractivity contribution is 6.91. The maximum absolute atomic E-state index is 14.4. The molecule has 0 saturated carbocycles. The highest BCUT2D eigenvalue weighted by Crippen LogP contribution is 2.59. The molecular formula is C42H46N4O6Si. The van der Waals surface area contributed by atoms with Crippen LogP contribution in [-0.4, -0.2) is 67.9 Å². The van der Waals surface area contributed by atoms with Crippen LogP contribution in [-0.2, 0) is 31.3 Å². The van der Waals surface area contributed by atoms with Gasteiger partial charge in [0.05, 0.1) is 45.7 Å². The molecule has 4 aromatic carbocycles. The van der Waals surface area contributed by atoms with Gasteiger partial charge in [-0.2, -0.15) is 5.10 Å². The molecule has 1 spiro atoms. The lowest BCUT2D eigenvalue weighted by molar-refractivity contribution is -0.148. The fraction of sp³-hybridized carbons (Fsp3) is 0.333. The largest absolute Gasteiger partial charge is 0.497 e. The van der Waals surface area contributed by atoms with Crippen LogP contribution in [0.25, 0.3) is 0 Å². The summed E-state index contributed by atoms with van der Waals surface area (Å²) in [5.74, 6) is -0.170. The summed E-state index contributed by atoms with van der Waals surface area (Å²) in [6, 6.07) is 33.1. The van der Waals surface area contributed by atoms with Crippen LogP contribution in [0, 0.1) is 5.92 Å². The van der Waals surface area contributed by atoms with Crippen LogP contribution < -0.4 is 20.2 Å². The number of nitrogens with one attached hydrogen (secondary N) is 1. The molecule has 274 valence electrons. The van der Waals surface area contributed by atoms with Gasteiger partial charge in [-0.15, -0.1) is 0 Å². The first-order valence-corrected chi connectivity index (χ1v) is 21.3. The van der Waals surface area contributed by atoms with Gasteiger partial charge in [0.25, 0.3) is 5.91 Å². The zero-order chi connectivity index (χ0) is 37.3. The number of hydrazone groups is 1. The van der Waals surface area contributed by atoms with E-state index in [0.29, 0.717) is 36.3 Å². The minimum absolute atomic E-state index is 0.0355. The predicted molar refractivity (Wildman–Crippen MR) is 208 cm³/mol. The van der Waals surface area contributed by atoms with E-state index in [2.05, 4.69) is 37.5 Å². The lowest BCUT2D eigenvalue weighted by Gasteiger charge is -2.37. The van der Waals surface area contributed by atoms with Gasteiger partial charge in [-0.25, -0.2) is 5.01 Å². The molecule has 1 saturated heterocycles. The number of carbonyl (C=O) groups is 3. The summed E-state index contributed by atoms with van der Waals surface area (Å²) < 4.78 is 12.5. The van der Waals surface area contributed by atoms with Crippen molar-refractivity contribution in [3.8, 4) is 5.75 Å². The molecule has 2 N–H and O–H groups in total. The third-order valence-corrected chi connectivity index (χ3v) is 15.6. The van der Waals surface area contributed by atoms with E-state index in [4.69, 9.17) is 14.6 Å². The molecule has 0 unspecified atom stereocenters. The molecular weight excluding hydrogens is 685 g/mol. The number of nitrogens with zero attached hydrogens (tertiary/aromatic N) is 3. The molecule has 3 aliphatic heterocycles. The lowest BCUT2D eigenvalue weighted by Crippen LogP contribution is -2.52. The number of carbonyl (C=O) groups excluding carboxylic acids is 3. The van der Waals surface area contributed by atoms with Crippen LogP contribution >= 0.6 is 0 Å². The topological polar surface area (TPSA) is 121 Å². The second-order valence-corrected chi connectivity index (χ2v) is 19.4. The van der Waals surface area contributed by atoms with Gasteiger partial charge in [0.2, 0.25) is 11.8 Å². The van der Waals surface area contributed by atoms with Gasteiger partial charge in [-0.1, -0.05) is 98.0 Å². The number of hydrogen-bond acceptors (Lipinski definition) is 7. The zero-order valence-corrected chi connectivity index (χ0v) is 31.6. The van der Waals surface area contributed by atoms with E-state index in [-0.39, 0.29) is 48.8 Å². The first kappa shape index (κ1) is 36.3. The number of aliphatic hydroxyl groups excluding tert-OH is 1. The average Bonchev–Trinajstić information content (AvgIpc) is 3.63. The normalized spacial score (nSPS) is 22.4. The van der Waals surface area contributed by atoms with Crippen molar-refractivity contribution in [3.63, 3.8) is 0 Å². The van der Waals surface area contributed by atoms with E-state index in [1.807, 2.05) is 84.9 Å². The molecule has 10 nitrogen and oxygen atoms in total. The second kappa shape index (κ2) is 14.7. The Balaban J connectivity index is 1.28. The quantitative estimate of drug-likeness (QED) is 0.188. The number of anilines is 2. The van der Waals surface area contributed by atoms with Gasteiger partial charge in [-0.05, 0) is 47.0 Å². The summed E-state index contributed by atoms with van der Waals surface area (Å²) in [7, 11) is -0.879. The van der Waals surface area contributed by atoms with Gasteiger partial charge >= 0.3 is 0 Å². The third kappa shape index (κ3) is 6.69. The molecule has 0 bridgehead atoms. The summed E-state index contributed by atoms with van der Waals surface area (Å²) >= 11 is 0. The Labute approximate surface area is 311 Å². The van der Waals surface area contributed by atoms with Crippen LogP contribution in [0.5, 0.6) is 5.75 Å². The van der Waals surface area contributed by atoms with Crippen molar-refractivity contribution in [1.82, 2.24) is 4.90 Å². The van der Waals surface area contributed by atoms with Crippen LogP contribution in [0.4, 0.5) is 11.4 Å². The fourth-order valence-electron chi connectivity index (χ4n) is 8.56. The van der Waals surface area contributed by atoms with Gasteiger partial charge < -0.3 is 24.8 Å². The fourth-order valence-corrected chi connectivity index (χ4v) is 12.6. The van der Waals surface area contributed by atoms with E-state index < -0.39 is 19.8 Å². The highest BCUT2D eigenvalue weighted by atomic mass is 28.3. The van der Waals surface area contributed by atoms with Crippen LogP contribution in [0.1, 0.15) is 42.9 Å². The maximum atomic E-state index is 14.4. The predicted octanol–water partition coefficient (Wildman–Crippen LogP) is 5.81. The standard InChI is InChI=1S/C42H46N4O6Si/c1-28-40(53(3,4)33-18-16-32(51-2)17-19-33)37(26-39(49)45(23-24-47)27-29-11-7-5-8-12-29)52-42(28)34-25-31(15-20-36(34)43-41(42)50)46-38(48)22-21-35(44-46)30-13-9-6-10-14-30/h5-20,25,28,37,40,47H,21-24,26-27H2,1-4H3,(H,43,50)/t28-,37+,40-,42+/m1/s1. The molecule has 4 atom stereocenters. The minimum Gasteiger partial charge on any atom is -0.497 e. The number of hydrogen-bond donors (Lipinski definition) is 2. The van der Waals surface area contributed by atoms with E-state index in [1.165, 1.54) is 5.01 Å². The summed E-state index contributed by atoms with van der Waals surface area (Å²) in [6.45, 7) is 6.93. The van der Waals surface area contributed by atoms with Crippen molar-refractivity contribution in [3.05, 3.63) is 120 Å². The SMILES string of the molecule is COc1ccc([Si](C)(C)[C@H]2[C@H](CC(=O)N(CCO)Cc3ccccc3)O[C@@]3(C(=O)Nc4ccc(N5N=C(c6ccccc6)CCC5=O)cc43)[C@@H]2C)cc1. The molecule has 1 fully saturated rings. The number of amides is 3. The molecule has 3 aliphatic rings.